The fourth-order valence-corrected chi connectivity index (χ4v) is 5.61. The lowest BCUT2D eigenvalue weighted by molar-refractivity contribution is 0.597. The topological polar surface area (TPSA) is 112 Å². The van der Waals surface area contributed by atoms with E-state index in [-0.39, 0.29) is 50.3 Å². The smallest absolute Gasteiger partial charge is 0.336 e. The zero-order chi connectivity index (χ0) is 27.5. The summed E-state index contributed by atoms with van der Waals surface area (Å²) in [7, 11) is -0.397. The van der Waals surface area contributed by atoms with Gasteiger partial charge in [-0.05, 0) is 50.1 Å². The fraction of sp³-hybridized carbons (Fsp3) is 0.269. The molecule has 38 heavy (non-hydrogen) atoms. The van der Waals surface area contributed by atoms with Crippen LogP contribution in [0.2, 0.25) is 0 Å². The summed E-state index contributed by atoms with van der Waals surface area (Å²) in [6.45, 7) is 3.03. The van der Waals surface area contributed by atoms with Crippen LogP contribution in [-0.2, 0) is 16.9 Å². The van der Waals surface area contributed by atoms with Crippen LogP contribution < -0.4 is 27.6 Å². The molecule has 0 bridgehead atoms. The second kappa shape index (κ2) is 9.12. The maximum absolute atomic E-state index is 14.8. The summed E-state index contributed by atoms with van der Waals surface area (Å²) in [5.41, 5.74) is -0.646. The van der Waals surface area contributed by atoms with E-state index in [1.54, 1.807) is 20.0 Å². The van der Waals surface area contributed by atoms with Gasteiger partial charge in [0.1, 0.15) is 24.9 Å². The lowest BCUT2D eigenvalue weighted by Gasteiger charge is -2.21. The largest absolute Gasteiger partial charge is 0.338 e. The predicted octanol–water partition coefficient (Wildman–Crippen LogP) is 1.43. The van der Waals surface area contributed by atoms with Gasteiger partial charge in [0, 0.05) is 18.7 Å². The van der Waals surface area contributed by atoms with Gasteiger partial charge in [0.15, 0.2) is 9.84 Å². The first-order valence-corrected chi connectivity index (χ1v) is 13.9. The Labute approximate surface area is 218 Å². The summed E-state index contributed by atoms with van der Waals surface area (Å²) in [5.74, 6) is -0.674. The monoisotopic (exact) mass is 536 g/mol. The average molecular weight is 536 g/mol. The zero-order valence-electron chi connectivity index (χ0n) is 21.4. The van der Waals surface area contributed by atoms with Crippen molar-refractivity contribution in [3.63, 3.8) is 0 Å². The molecule has 0 spiro atoms. The molecule has 12 heteroatoms. The molecule has 0 unspecified atom stereocenters. The maximum Gasteiger partial charge on any atom is 0.336 e. The van der Waals surface area contributed by atoms with Crippen LogP contribution in [0.25, 0.3) is 16.6 Å². The molecule has 0 aliphatic heterocycles. The van der Waals surface area contributed by atoms with Gasteiger partial charge in [-0.1, -0.05) is 24.5 Å². The number of fused-ring (bicyclic) bond motifs is 1. The van der Waals surface area contributed by atoms with Crippen LogP contribution in [0.15, 0.2) is 61.7 Å². The minimum absolute atomic E-state index is 0.0169. The van der Waals surface area contributed by atoms with E-state index in [0.29, 0.717) is 18.3 Å². The van der Waals surface area contributed by atoms with Crippen molar-refractivity contribution in [2.24, 2.45) is 7.05 Å². The highest BCUT2D eigenvalue weighted by Gasteiger charge is 2.32. The van der Waals surface area contributed by atoms with Crippen molar-refractivity contribution < 1.29 is 12.8 Å². The molecule has 196 valence electrons. The molecule has 1 N–H and O–H groups in total. The van der Waals surface area contributed by atoms with E-state index < -0.39 is 32.5 Å². The number of aromatic nitrogens is 3. The van der Waals surface area contributed by atoms with Crippen LogP contribution in [0.4, 0.5) is 15.9 Å². The van der Waals surface area contributed by atoms with Crippen molar-refractivity contribution >= 4 is 45.6 Å². The molecule has 0 radical (unpaired) electrons. The number of aryl methyl sites for hydroxylation is 1. The third-order valence-electron chi connectivity index (χ3n) is 6.95. The van der Waals surface area contributed by atoms with Gasteiger partial charge in [-0.25, -0.2) is 17.6 Å². The van der Waals surface area contributed by atoms with Crippen LogP contribution in [0.1, 0.15) is 31.4 Å². The van der Waals surface area contributed by atoms with E-state index in [4.69, 9.17) is 0 Å². The second-order valence-corrected chi connectivity index (χ2v) is 11.9. The summed E-state index contributed by atoms with van der Waals surface area (Å²) < 4.78 is 43.6. The number of pyridine rings is 1. The van der Waals surface area contributed by atoms with Gasteiger partial charge in [-0.15, -0.1) is 0 Å². The first-order chi connectivity index (χ1) is 18.0. The Hall–Kier alpha value is -3.93. The lowest BCUT2D eigenvalue weighted by Crippen LogP contribution is -2.41. The van der Waals surface area contributed by atoms with Crippen molar-refractivity contribution in [3.8, 4) is 5.69 Å². The molecule has 2 aromatic heterocycles. The van der Waals surface area contributed by atoms with Crippen LogP contribution in [0.5, 0.6) is 0 Å². The Morgan fingerprint density at radius 2 is 1.79 bits per heavy atom. The number of nitrogens with zero attached hydrogens (tertiary/aromatic N) is 3. The molecule has 0 amide bonds. The van der Waals surface area contributed by atoms with E-state index in [9.17, 15) is 27.2 Å². The summed E-state index contributed by atoms with van der Waals surface area (Å²) in [6.07, 6.45) is 1.26. The van der Waals surface area contributed by atoms with Crippen molar-refractivity contribution in [3.05, 3.63) is 85.0 Å². The van der Waals surface area contributed by atoms with Crippen LogP contribution in [0.3, 0.4) is 0 Å². The first-order valence-electron chi connectivity index (χ1n) is 12.2. The number of hydrogen-bond donors (Lipinski definition) is 1. The van der Waals surface area contributed by atoms with Crippen molar-refractivity contribution in [1.29, 1.82) is 0 Å². The number of anilines is 2. The minimum atomic E-state index is -3.60. The molecule has 1 fully saturated rings. The van der Waals surface area contributed by atoms with Gasteiger partial charge in [0.05, 0.1) is 27.5 Å². The molecule has 1 saturated carbocycles. The van der Waals surface area contributed by atoms with Crippen molar-refractivity contribution in [2.45, 2.75) is 37.6 Å². The molecular formula is C26H26BFN4O5S. The molecule has 1 aliphatic rings. The minimum Gasteiger partial charge on any atom is -0.338 e. The Morgan fingerprint density at radius 3 is 2.42 bits per heavy atom. The molecular weight excluding hydrogens is 510 g/mol. The number of halogens is 1. The van der Waals surface area contributed by atoms with Gasteiger partial charge in [0.2, 0.25) is 0 Å². The van der Waals surface area contributed by atoms with E-state index in [0.717, 1.165) is 4.57 Å². The molecule has 2 aromatic carbocycles. The number of hydrogen-bond acceptors (Lipinski definition) is 6. The van der Waals surface area contributed by atoms with Crippen LogP contribution in [0, 0.1) is 12.7 Å². The highest BCUT2D eigenvalue weighted by molar-refractivity contribution is 7.91. The summed E-state index contributed by atoms with van der Waals surface area (Å²) in [4.78, 5) is 41.0. The Kier molecular flexibility index (Phi) is 6.17. The lowest BCUT2D eigenvalue weighted by atomic mass is 9.96. The average Bonchev–Trinajstić information content (AvgIpc) is 3.72. The van der Waals surface area contributed by atoms with Crippen molar-refractivity contribution in [2.75, 3.05) is 11.1 Å². The van der Waals surface area contributed by atoms with E-state index in [1.807, 2.05) is 0 Å². The number of benzene rings is 2. The van der Waals surface area contributed by atoms with Gasteiger partial charge in [0.25, 0.3) is 11.1 Å². The molecule has 0 atom stereocenters. The zero-order valence-corrected chi connectivity index (χ0v) is 22.2. The molecule has 1 aliphatic carbocycles. The number of nitrogens with one attached hydrogen (secondary N) is 1. The molecule has 5 rings (SSSR count). The maximum atomic E-state index is 14.8. The number of rotatable bonds is 6. The first kappa shape index (κ1) is 25.7. The van der Waals surface area contributed by atoms with Gasteiger partial charge >= 0.3 is 5.69 Å². The Morgan fingerprint density at radius 1 is 1.08 bits per heavy atom. The van der Waals surface area contributed by atoms with E-state index >= 15 is 0 Å². The fourth-order valence-electron chi connectivity index (χ4n) is 4.69. The highest BCUT2D eigenvalue weighted by Crippen LogP contribution is 2.34. The second-order valence-electron chi connectivity index (χ2n) is 9.59. The summed E-state index contributed by atoms with van der Waals surface area (Å²) in [5, 5.41) is 2.94. The number of sulfone groups is 1. The standard InChI is InChI=1S/C26H26BFN4O5S/c1-4-38(36,37)18-7-5-6-17(13-18)31-22-14(2)24(33)30(3)23(29-20-11-8-15(27)12-19(20)28)21(22)25(34)32(26(31)35)16-9-10-16/h5-8,11-13,16,29H,4,9-10,27H2,1-3H3. The molecule has 0 saturated heterocycles. The quantitative estimate of drug-likeness (QED) is 0.374. The van der Waals surface area contributed by atoms with Crippen LogP contribution in [-0.4, -0.2) is 35.7 Å². The molecule has 4 aromatic rings. The SMILES string of the molecule is Bc1ccc(Nc2c3c(=O)n(C4CC4)c(=O)n(-c4cccc(S(=O)(=O)CC)c4)c3c(C)c(=O)n2C)c(F)c1. The highest BCUT2D eigenvalue weighted by atomic mass is 32.2. The molecule has 2 heterocycles. The van der Waals surface area contributed by atoms with Crippen LogP contribution >= 0.6 is 0 Å². The van der Waals surface area contributed by atoms with Crippen molar-refractivity contribution in [1.82, 2.24) is 13.7 Å². The van der Waals surface area contributed by atoms with Gasteiger partial charge in [-0.3, -0.25) is 23.3 Å². The third-order valence-corrected chi connectivity index (χ3v) is 8.68. The predicted molar refractivity (Wildman–Crippen MR) is 148 cm³/mol. The van der Waals surface area contributed by atoms with E-state index in [2.05, 4.69) is 5.32 Å². The van der Waals surface area contributed by atoms with Gasteiger partial charge < -0.3 is 5.32 Å². The third kappa shape index (κ3) is 4.09. The molecule has 9 nitrogen and oxygen atoms in total. The summed E-state index contributed by atoms with van der Waals surface area (Å²) >= 11 is 0. The Balaban J connectivity index is 1.93. The normalized spacial score (nSPS) is 13.7. The van der Waals surface area contributed by atoms with E-state index in [1.165, 1.54) is 60.4 Å². The Bertz CT molecular complexity index is 1920. The summed E-state index contributed by atoms with van der Waals surface area (Å²) in [6, 6.07) is 10.1. The van der Waals surface area contributed by atoms with Gasteiger partial charge in [-0.2, -0.15) is 0 Å².